The van der Waals surface area contributed by atoms with Crippen LogP contribution in [0.15, 0.2) is 66.7 Å². The smallest absolute Gasteiger partial charge is 0.321 e. The third-order valence-electron chi connectivity index (χ3n) is 6.67. The van der Waals surface area contributed by atoms with Crippen molar-refractivity contribution < 1.29 is 57.9 Å². The maximum atomic E-state index is 15.7. The number of nitrogens with zero attached hydrogens (tertiary/aromatic N) is 1. The first-order valence-corrected chi connectivity index (χ1v) is 12.4. The minimum atomic E-state index is -6.69. The van der Waals surface area contributed by atoms with Crippen LogP contribution in [-0.2, 0) is 11.8 Å². The van der Waals surface area contributed by atoms with Crippen LogP contribution in [0.25, 0.3) is 0 Å². The van der Waals surface area contributed by atoms with Crippen molar-refractivity contribution in [3.05, 3.63) is 94.8 Å². The van der Waals surface area contributed by atoms with Crippen LogP contribution in [0.1, 0.15) is 44.7 Å². The van der Waals surface area contributed by atoms with Crippen LogP contribution in [0.3, 0.4) is 0 Å². The number of rotatable bonds is 7. The van der Waals surface area contributed by atoms with E-state index in [4.69, 9.17) is 0 Å². The van der Waals surface area contributed by atoms with Gasteiger partial charge in [-0.15, -0.1) is 0 Å². The van der Waals surface area contributed by atoms with Crippen LogP contribution < -0.4 is 10.2 Å². The standard InChI is InChI=1S/C28H19F11N2O2/c29-22-18(7-4-8-21(22)41(14-15-9-10-15)24(43)16-5-2-1-3-6-16)23(42)40-20-12-11-17(13-19(20)26(31,32)33)25(30,27(34,35)36)28(37,38)39/h1-8,11-13,15H,9-10,14H2,(H,40,42). The average molecular weight is 624 g/mol. The fourth-order valence-corrected chi connectivity index (χ4v) is 4.27. The number of halogens is 11. The average Bonchev–Trinajstić information content (AvgIpc) is 3.74. The summed E-state index contributed by atoms with van der Waals surface area (Å²) in [4.78, 5) is 27.2. The Kier molecular flexibility index (Phi) is 8.24. The van der Waals surface area contributed by atoms with Crippen molar-refractivity contribution in [2.45, 2.75) is 37.0 Å². The van der Waals surface area contributed by atoms with Gasteiger partial charge in [0.05, 0.1) is 22.5 Å². The van der Waals surface area contributed by atoms with Gasteiger partial charge in [-0.2, -0.15) is 39.5 Å². The molecule has 1 aliphatic carbocycles. The fourth-order valence-electron chi connectivity index (χ4n) is 4.27. The zero-order chi connectivity index (χ0) is 32.0. The predicted octanol–water partition coefficient (Wildman–Crippen LogP) is 8.44. The molecular formula is C28H19F11N2O2. The van der Waals surface area contributed by atoms with Crippen LogP contribution in [0.5, 0.6) is 0 Å². The number of hydrogen-bond donors (Lipinski definition) is 1. The highest BCUT2D eigenvalue weighted by atomic mass is 19.4. The molecular weight excluding hydrogens is 605 g/mol. The summed E-state index contributed by atoms with van der Waals surface area (Å²) in [6.45, 7) is 0.0544. The summed E-state index contributed by atoms with van der Waals surface area (Å²) in [7, 11) is 0. The molecule has 0 spiro atoms. The zero-order valence-electron chi connectivity index (χ0n) is 21.5. The second kappa shape index (κ2) is 11.2. The van der Waals surface area contributed by atoms with Gasteiger partial charge in [0.15, 0.2) is 5.82 Å². The molecule has 43 heavy (non-hydrogen) atoms. The van der Waals surface area contributed by atoms with Gasteiger partial charge < -0.3 is 10.2 Å². The minimum Gasteiger partial charge on any atom is -0.321 e. The van der Waals surface area contributed by atoms with Crippen molar-refractivity contribution in [2.24, 2.45) is 5.92 Å². The van der Waals surface area contributed by atoms with Crippen LogP contribution in [0.2, 0.25) is 0 Å². The van der Waals surface area contributed by atoms with E-state index in [-0.39, 0.29) is 30.2 Å². The van der Waals surface area contributed by atoms with Gasteiger partial charge >= 0.3 is 24.2 Å². The molecule has 0 aliphatic heterocycles. The van der Waals surface area contributed by atoms with Crippen molar-refractivity contribution >= 4 is 23.2 Å². The molecule has 4 rings (SSSR count). The molecule has 15 heteroatoms. The van der Waals surface area contributed by atoms with Crippen molar-refractivity contribution in [3.8, 4) is 0 Å². The Labute approximate surface area is 236 Å². The Hall–Kier alpha value is -4.17. The third kappa shape index (κ3) is 6.30. The highest BCUT2D eigenvalue weighted by Gasteiger charge is 2.73. The second-order valence-electron chi connectivity index (χ2n) is 9.73. The van der Waals surface area contributed by atoms with Crippen LogP contribution in [-0.4, -0.2) is 30.7 Å². The summed E-state index contributed by atoms with van der Waals surface area (Å²) in [6.07, 6.45) is -17.6. The molecule has 3 aromatic carbocycles. The number of anilines is 2. The fraction of sp³-hybridized carbons (Fsp3) is 0.286. The predicted molar refractivity (Wildman–Crippen MR) is 132 cm³/mol. The molecule has 0 unspecified atom stereocenters. The molecule has 1 fully saturated rings. The number of amides is 2. The van der Waals surface area contributed by atoms with Gasteiger partial charge in [0.25, 0.3) is 11.8 Å². The SMILES string of the molecule is O=C(Nc1ccc(C(F)(C(F)(F)F)C(F)(F)F)cc1C(F)(F)F)c1cccc(N(CC2CC2)C(=O)c2ccccc2)c1F. The first kappa shape index (κ1) is 31.8. The van der Waals surface area contributed by atoms with E-state index >= 15 is 4.39 Å². The second-order valence-corrected chi connectivity index (χ2v) is 9.73. The first-order valence-electron chi connectivity index (χ1n) is 12.4. The summed E-state index contributed by atoms with van der Waals surface area (Å²) in [5.41, 5.74) is -13.3. The maximum absolute atomic E-state index is 15.7. The summed E-state index contributed by atoms with van der Waals surface area (Å²) < 4.78 is 150. The normalized spacial score (nSPS) is 14.4. The van der Waals surface area contributed by atoms with Crippen molar-refractivity contribution in [1.29, 1.82) is 0 Å². The van der Waals surface area contributed by atoms with E-state index < -0.39 is 76.0 Å². The zero-order valence-corrected chi connectivity index (χ0v) is 21.5. The molecule has 0 radical (unpaired) electrons. The molecule has 0 atom stereocenters. The van der Waals surface area contributed by atoms with Gasteiger partial charge in [0.1, 0.15) is 0 Å². The van der Waals surface area contributed by atoms with Crippen molar-refractivity contribution in [2.75, 3.05) is 16.8 Å². The number of hydrogen-bond acceptors (Lipinski definition) is 2. The molecule has 0 heterocycles. The molecule has 2 amide bonds. The van der Waals surface area contributed by atoms with Gasteiger partial charge in [-0.05, 0) is 55.2 Å². The summed E-state index contributed by atoms with van der Waals surface area (Å²) in [6, 6.07) is 9.86. The van der Waals surface area contributed by atoms with Gasteiger partial charge in [-0.1, -0.05) is 30.3 Å². The Bertz CT molecular complexity index is 1500. The summed E-state index contributed by atoms with van der Waals surface area (Å²) in [5.74, 6) is -3.52. The number of carbonyl (C=O) groups is 2. The van der Waals surface area contributed by atoms with E-state index in [1.165, 1.54) is 12.1 Å². The Morgan fingerprint density at radius 2 is 1.40 bits per heavy atom. The summed E-state index contributed by atoms with van der Waals surface area (Å²) >= 11 is 0. The van der Waals surface area contributed by atoms with Gasteiger partial charge in [0.2, 0.25) is 0 Å². The van der Waals surface area contributed by atoms with Gasteiger partial charge in [-0.3, -0.25) is 9.59 Å². The van der Waals surface area contributed by atoms with E-state index in [9.17, 15) is 53.5 Å². The Morgan fingerprint density at radius 3 is 1.93 bits per heavy atom. The lowest BCUT2D eigenvalue weighted by molar-refractivity contribution is -0.348. The molecule has 230 valence electrons. The monoisotopic (exact) mass is 624 g/mol. The molecule has 0 aromatic heterocycles. The van der Waals surface area contributed by atoms with Crippen LogP contribution in [0, 0.1) is 11.7 Å². The molecule has 0 saturated heterocycles. The molecule has 1 N–H and O–H groups in total. The minimum absolute atomic E-state index is 0.00193. The van der Waals surface area contributed by atoms with E-state index in [1.807, 2.05) is 0 Å². The third-order valence-corrected chi connectivity index (χ3v) is 6.67. The van der Waals surface area contributed by atoms with Crippen LogP contribution in [0.4, 0.5) is 59.7 Å². The molecule has 3 aromatic rings. The highest BCUT2D eigenvalue weighted by Crippen LogP contribution is 2.54. The lowest BCUT2D eigenvalue weighted by atomic mass is 9.92. The van der Waals surface area contributed by atoms with Crippen molar-refractivity contribution in [3.63, 3.8) is 0 Å². The summed E-state index contributed by atoms with van der Waals surface area (Å²) in [5, 5.41) is 1.62. The lowest BCUT2D eigenvalue weighted by Crippen LogP contribution is -2.50. The van der Waals surface area contributed by atoms with Gasteiger partial charge in [0, 0.05) is 17.7 Å². The van der Waals surface area contributed by atoms with E-state index in [0.717, 1.165) is 35.9 Å². The number of carbonyl (C=O) groups excluding carboxylic acids is 2. The maximum Gasteiger partial charge on any atom is 0.435 e. The van der Waals surface area contributed by atoms with Gasteiger partial charge in [-0.25, -0.2) is 8.78 Å². The molecule has 4 nitrogen and oxygen atoms in total. The quantitative estimate of drug-likeness (QED) is 0.268. The van der Waals surface area contributed by atoms with Crippen LogP contribution >= 0.6 is 0 Å². The highest BCUT2D eigenvalue weighted by molar-refractivity contribution is 6.09. The van der Waals surface area contributed by atoms with E-state index in [0.29, 0.717) is 0 Å². The number of nitrogens with one attached hydrogen (secondary N) is 1. The molecule has 0 bridgehead atoms. The first-order chi connectivity index (χ1) is 19.9. The molecule has 1 aliphatic rings. The largest absolute Gasteiger partial charge is 0.435 e. The Morgan fingerprint density at radius 1 is 0.791 bits per heavy atom. The number of benzene rings is 3. The lowest BCUT2D eigenvalue weighted by Gasteiger charge is -2.31. The van der Waals surface area contributed by atoms with E-state index in [1.54, 1.807) is 23.5 Å². The number of alkyl halides is 10. The topological polar surface area (TPSA) is 49.4 Å². The Balaban J connectivity index is 1.72. The van der Waals surface area contributed by atoms with E-state index in [2.05, 4.69) is 0 Å². The molecule has 1 saturated carbocycles. The van der Waals surface area contributed by atoms with Crippen molar-refractivity contribution in [1.82, 2.24) is 0 Å².